The molecule has 0 spiro atoms. The average Bonchev–Trinajstić information content (AvgIpc) is 3.38. The predicted octanol–water partition coefficient (Wildman–Crippen LogP) is 4.93. The summed E-state index contributed by atoms with van der Waals surface area (Å²) in [5.41, 5.74) is 1.40. The highest BCUT2D eigenvalue weighted by Crippen LogP contribution is 2.30. The lowest BCUT2D eigenvalue weighted by atomic mass is 10.1. The van der Waals surface area contributed by atoms with Gasteiger partial charge in [-0.15, -0.1) is 11.3 Å². The van der Waals surface area contributed by atoms with E-state index < -0.39 is 33.1 Å². The van der Waals surface area contributed by atoms with Crippen LogP contribution in [0.15, 0.2) is 52.7 Å². The summed E-state index contributed by atoms with van der Waals surface area (Å²) in [6.07, 6.45) is 0.796. The fourth-order valence-corrected chi connectivity index (χ4v) is 6.75. The summed E-state index contributed by atoms with van der Waals surface area (Å²) < 4.78 is 44.2. The van der Waals surface area contributed by atoms with Gasteiger partial charge < -0.3 is 19.1 Å². The molecule has 0 N–H and O–H groups in total. The van der Waals surface area contributed by atoms with Crippen molar-refractivity contribution in [1.82, 2.24) is 9.21 Å². The van der Waals surface area contributed by atoms with Crippen molar-refractivity contribution in [2.45, 2.75) is 31.2 Å². The van der Waals surface area contributed by atoms with Crippen molar-refractivity contribution in [2.24, 2.45) is 0 Å². The first-order chi connectivity index (χ1) is 20.0. The Balaban J connectivity index is 1.90. The first-order valence-corrected chi connectivity index (χ1v) is 15.7. The number of hydrogen-bond donors (Lipinski definition) is 0. The minimum absolute atomic E-state index is 0.0279. The number of hydrogen-bond acceptors (Lipinski definition) is 9. The van der Waals surface area contributed by atoms with E-state index in [4.69, 9.17) is 25.8 Å². The predicted molar refractivity (Wildman–Crippen MR) is 161 cm³/mol. The average molecular weight is 640 g/mol. The van der Waals surface area contributed by atoms with Crippen LogP contribution in [0, 0.1) is 17.0 Å². The fraction of sp³-hybridized carbons (Fsp3) is 0.393. The van der Waals surface area contributed by atoms with Gasteiger partial charge in [0.1, 0.15) is 5.02 Å². The summed E-state index contributed by atoms with van der Waals surface area (Å²) >= 11 is 7.43. The van der Waals surface area contributed by atoms with E-state index in [-0.39, 0.29) is 23.1 Å². The number of nitro benzene ring substituents is 1. The van der Waals surface area contributed by atoms with E-state index in [1.807, 2.05) is 30.5 Å². The molecule has 1 heterocycles. The molecule has 1 aromatic heterocycles. The quantitative estimate of drug-likeness (QED) is 0.123. The van der Waals surface area contributed by atoms with E-state index >= 15 is 0 Å². The number of nitrogens with zero attached hydrogens (tertiary/aromatic N) is 3. The molecule has 0 saturated heterocycles. The Morgan fingerprint density at radius 1 is 1.05 bits per heavy atom. The summed E-state index contributed by atoms with van der Waals surface area (Å²) in [5, 5.41) is 13.2. The number of aryl methyl sites for hydroxylation is 1. The molecule has 0 aliphatic carbocycles. The standard InChI is InChI=1S/C28H34ClN3O8S2/c1-20-11-15-41-27(20)18-30(13-10-21-6-9-25(39-3)26(16-21)40-4)28(33)19-31(12-5-14-38-2)42(36,37)22-7-8-23(29)24(17-22)32(34)35/h6-9,11,15-17H,5,10,12-14,18-19H2,1-4H3. The third kappa shape index (κ3) is 8.42. The topological polar surface area (TPSA) is 129 Å². The number of nitro groups is 1. The van der Waals surface area contributed by atoms with Crippen LogP contribution in [0.3, 0.4) is 0 Å². The fourth-order valence-electron chi connectivity index (χ4n) is 4.19. The minimum Gasteiger partial charge on any atom is -0.493 e. The molecule has 0 aliphatic heterocycles. The monoisotopic (exact) mass is 639 g/mol. The first-order valence-electron chi connectivity index (χ1n) is 13.0. The summed E-state index contributed by atoms with van der Waals surface area (Å²) in [4.78, 5) is 26.7. The summed E-state index contributed by atoms with van der Waals surface area (Å²) in [6, 6.07) is 10.8. The molecule has 0 radical (unpaired) electrons. The second-order valence-electron chi connectivity index (χ2n) is 9.34. The van der Waals surface area contributed by atoms with Crippen molar-refractivity contribution in [3.05, 3.63) is 79.0 Å². The normalized spacial score (nSPS) is 11.5. The van der Waals surface area contributed by atoms with Crippen LogP contribution < -0.4 is 9.47 Å². The van der Waals surface area contributed by atoms with Gasteiger partial charge in [0.05, 0.1) is 37.1 Å². The second kappa shape index (κ2) is 15.3. The lowest BCUT2D eigenvalue weighted by molar-refractivity contribution is -0.384. The Kier molecular flexibility index (Phi) is 12.1. The van der Waals surface area contributed by atoms with Crippen molar-refractivity contribution in [3.8, 4) is 11.5 Å². The van der Waals surface area contributed by atoms with Crippen LogP contribution in [-0.4, -0.2) is 76.0 Å². The van der Waals surface area contributed by atoms with E-state index in [1.54, 1.807) is 25.2 Å². The molecule has 1 amide bonds. The Bertz CT molecular complexity index is 1500. The number of amides is 1. The third-order valence-corrected chi connectivity index (χ3v) is 9.76. The van der Waals surface area contributed by atoms with Crippen LogP contribution >= 0.6 is 22.9 Å². The molecule has 3 aromatic rings. The molecule has 0 bridgehead atoms. The van der Waals surface area contributed by atoms with Crippen molar-refractivity contribution in [3.63, 3.8) is 0 Å². The van der Waals surface area contributed by atoms with E-state index in [9.17, 15) is 23.3 Å². The number of thiophene rings is 1. The number of carbonyl (C=O) groups is 1. The van der Waals surface area contributed by atoms with Crippen LogP contribution in [0.5, 0.6) is 11.5 Å². The number of benzene rings is 2. The molecule has 2 aromatic carbocycles. The lowest BCUT2D eigenvalue weighted by Crippen LogP contribution is -2.43. The molecule has 0 aliphatic rings. The highest BCUT2D eigenvalue weighted by molar-refractivity contribution is 7.89. The van der Waals surface area contributed by atoms with Crippen LogP contribution in [0.2, 0.25) is 5.02 Å². The Hall–Kier alpha value is -3.23. The van der Waals surface area contributed by atoms with E-state index in [2.05, 4.69) is 0 Å². The van der Waals surface area contributed by atoms with Gasteiger partial charge in [0.15, 0.2) is 11.5 Å². The zero-order chi connectivity index (χ0) is 30.9. The van der Waals surface area contributed by atoms with Gasteiger partial charge in [-0.3, -0.25) is 14.9 Å². The van der Waals surface area contributed by atoms with Crippen LogP contribution in [0.1, 0.15) is 22.4 Å². The zero-order valence-corrected chi connectivity index (χ0v) is 26.3. The maximum atomic E-state index is 13.8. The van der Waals surface area contributed by atoms with E-state index in [1.165, 1.54) is 24.5 Å². The van der Waals surface area contributed by atoms with Gasteiger partial charge >= 0.3 is 0 Å². The van der Waals surface area contributed by atoms with Crippen LogP contribution in [0.4, 0.5) is 5.69 Å². The number of rotatable bonds is 16. The zero-order valence-electron chi connectivity index (χ0n) is 23.9. The van der Waals surface area contributed by atoms with Crippen molar-refractivity contribution >= 4 is 44.6 Å². The van der Waals surface area contributed by atoms with Gasteiger partial charge in [-0.05, 0) is 66.6 Å². The van der Waals surface area contributed by atoms with Crippen LogP contribution in [-0.2, 0) is 32.5 Å². The van der Waals surface area contributed by atoms with Crippen molar-refractivity contribution < 1.29 is 32.3 Å². The highest BCUT2D eigenvalue weighted by Gasteiger charge is 2.30. The molecule has 0 unspecified atom stereocenters. The SMILES string of the molecule is COCCCN(CC(=O)N(CCc1ccc(OC)c(OC)c1)Cc1sccc1C)S(=O)(=O)c1ccc(Cl)c([N+](=O)[O-])c1. The summed E-state index contributed by atoms with van der Waals surface area (Å²) in [6.45, 7) is 2.34. The molecular formula is C28H34ClN3O8S2. The lowest BCUT2D eigenvalue weighted by Gasteiger charge is -2.27. The number of methoxy groups -OCH3 is 3. The summed E-state index contributed by atoms with van der Waals surface area (Å²) in [5.74, 6) is 0.741. The number of sulfonamides is 1. The molecule has 14 heteroatoms. The minimum atomic E-state index is -4.30. The van der Waals surface area contributed by atoms with Gasteiger partial charge in [0.2, 0.25) is 15.9 Å². The van der Waals surface area contributed by atoms with Gasteiger partial charge in [-0.25, -0.2) is 8.42 Å². The largest absolute Gasteiger partial charge is 0.493 e. The Labute approximate surface area is 254 Å². The highest BCUT2D eigenvalue weighted by atomic mass is 35.5. The molecular weight excluding hydrogens is 606 g/mol. The molecule has 228 valence electrons. The number of halogens is 1. The van der Waals surface area contributed by atoms with E-state index in [0.717, 1.165) is 32.4 Å². The third-order valence-electron chi connectivity index (χ3n) is 6.59. The van der Waals surface area contributed by atoms with E-state index in [0.29, 0.717) is 37.4 Å². The molecule has 0 fully saturated rings. The van der Waals surface area contributed by atoms with Crippen molar-refractivity contribution in [1.29, 1.82) is 0 Å². The van der Waals surface area contributed by atoms with Gasteiger partial charge in [-0.2, -0.15) is 4.31 Å². The van der Waals surface area contributed by atoms with Crippen LogP contribution in [0.25, 0.3) is 0 Å². The molecule has 11 nitrogen and oxygen atoms in total. The maximum Gasteiger partial charge on any atom is 0.289 e. The second-order valence-corrected chi connectivity index (χ2v) is 12.7. The number of ether oxygens (including phenoxy) is 3. The van der Waals surface area contributed by atoms with Gasteiger partial charge in [-0.1, -0.05) is 17.7 Å². The van der Waals surface area contributed by atoms with Gasteiger partial charge in [0, 0.05) is 37.7 Å². The Morgan fingerprint density at radius 3 is 2.40 bits per heavy atom. The van der Waals surface area contributed by atoms with Crippen molar-refractivity contribution in [2.75, 3.05) is 47.6 Å². The molecule has 3 rings (SSSR count). The number of carbonyl (C=O) groups excluding carboxylic acids is 1. The maximum absolute atomic E-state index is 13.8. The Morgan fingerprint density at radius 2 is 1.79 bits per heavy atom. The molecule has 42 heavy (non-hydrogen) atoms. The smallest absolute Gasteiger partial charge is 0.289 e. The molecule has 0 saturated carbocycles. The summed E-state index contributed by atoms with van der Waals surface area (Å²) in [7, 11) is 0.292. The van der Waals surface area contributed by atoms with Gasteiger partial charge in [0.25, 0.3) is 5.69 Å². The molecule has 0 atom stereocenters. The first kappa shape index (κ1) is 33.3.